The summed E-state index contributed by atoms with van der Waals surface area (Å²) in [5.74, 6) is -2.50. The second-order valence-electron chi connectivity index (χ2n) is 4.53. The number of hydrogen-bond acceptors (Lipinski definition) is 6. The Hall–Kier alpha value is -2.74. The number of nitrogens with one attached hydrogen (secondary N) is 1. The van der Waals surface area contributed by atoms with Crippen molar-refractivity contribution < 1.29 is 22.9 Å². The molecular weight excluding hydrogens is 445 g/mol. The van der Waals surface area contributed by atoms with Crippen LogP contribution in [0, 0.1) is 10.1 Å². The monoisotopic (exact) mass is 454 g/mol. The first-order chi connectivity index (χ1) is 11.6. The van der Waals surface area contributed by atoms with Gasteiger partial charge in [0, 0.05) is 28.8 Å². The van der Waals surface area contributed by atoms with Gasteiger partial charge in [0.05, 0.1) is 10.6 Å². The number of nitrogens with two attached hydrogens (primary N) is 2. The van der Waals surface area contributed by atoms with E-state index in [1.807, 2.05) is 0 Å². The maximum absolute atomic E-state index is 12.3. The number of rotatable bonds is 4. The molecule has 0 unspecified atom stereocenters. The molecule has 1 heterocycles. The predicted octanol–water partition coefficient (Wildman–Crippen LogP) is 2.70. The van der Waals surface area contributed by atoms with Crippen molar-refractivity contribution in [3.8, 4) is 11.3 Å². The van der Waals surface area contributed by atoms with E-state index in [1.165, 1.54) is 5.38 Å². The summed E-state index contributed by atoms with van der Waals surface area (Å²) in [4.78, 5) is 28.9. The van der Waals surface area contributed by atoms with Crippen molar-refractivity contribution >= 4 is 56.7 Å². The Labute approximate surface area is 157 Å². The summed E-state index contributed by atoms with van der Waals surface area (Å²) in [6.07, 6.45) is -5.13. The number of carbonyl (C=O) groups excluding carboxylic acids is 1. The van der Waals surface area contributed by atoms with Crippen LogP contribution in [0.1, 0.15) is 0 Å². The van der Waals surface area contributed by atoms with E-state index in [4.69, 9.17) is 11.5 Å². The van der Waals surface area contributed by atoms with Crippen LogP contribution in [0.2, 0.25) is 0 Å². The van der Waals surface area contributed by atoms with Gasteiger partial charge in [-0.05, 0) is 6.07 Å². The number of guanidine groups is 1. The zero-order valence-electron chi connectivity index (χ0n) is 12.5. The van der Waals surface area contributed by atoms with Gasteiger partial charge < -0.3 is 16.8 Å². The van der Waals surface area contributed by atoms with E-state index in [-0.39, 0.29) is 39.3 Å². The summed E-state index contributed by atoms with van der Waals surface area (Å²) in [7, 11) is 0. The third kappa shape index (κ3) is 5.38. The number of carbonyl (C=O) groups is 1. The molecule has 26 heavy (non-hydrogen) atoms. The van der Waals surface area contributed by atoms with E-state index < -0.39 is 28.4 Å². The lowest BCUT2D eigenvalue weighted by Gasteiger charge is -2.09. The third-order valence-corrected chi connectivity index (χ3v) is 3.39. The summed E-state index contributed by atoms with van der Waals surface area (Å²) >= 11 is 1.02. The molecule has 140 valence electrons. The van der Waals surface area contributed by atoms with E-state index >= 15 is 0 Å². The van der Waals surface area contributed by atoms with Gasteiger partial charge in [-0.1, -0.05) is 0 Å². The maximum Gasteiger partial charge on any atom is 0.471 e. The van der Waals surface area contributed by atoms with Crippen molar-refractivity contribution in [3.63, 3.8) is 0 Å². The van der Waals surface area contributed by atoms with Gasteiger partial charge in [0.2, 0.25) is 5.13 Å². The topological polar surface area (TPSA) is 150 Å². The molecule has 0 aliphatic heterocycles. The number of anilines is 1. The van der Waals surface area contributed by atoms with Crippen LogP contribution in [0.5, 0.6) is 0 Å². The Morgan fingerprint density at radius 2 is 1.96 bits per heavy atom. The molecular formula is C12H10BrF3N6O3S. The Kier molecular flexibility index (Phi) is 6.63. The molecule has 0 saturated heterocycles. The number of aliphatic imine (C=N–C) groups is 1. The molecule has 14 heteroatoms. The van der Waals surface area contributed by atoms with Crippen LogP contribution in [-0.4, -0.2) is 28.0 Å². The zero-order chi connectivity index (χ0) is 18.8. The summed E-state index contributed by atoms with van der Waals surface area (Å²) in [6, 6.07) is 3.01. The third-order valence-electron chi connectivity index (χ3n) is 2.66. The number of aromatic nitrogens is 1. The maximum atomic E-state index is 12.3. The average molecular weight is 455 g/mol. The number of alkyl halides is 3. The molecule has 0 radical (unpaired) electrons. The first-order valence-electron chi connectivity index (χ1n) is 6.29. The highest BCUT2D eigenvalue weighted by Gasteiger charge is 2.38. The van der Waals surface area contributed by atoms with Crippen LogP contribution < -0.4 is 16.8 Å². The molecule has 1 aromatic heterocycles. The van der Waals surface area contributed by atoms with Gasteiger partial charge in [0.1, 0.15) is 0 Å². The second kappa shape index (κ2) is 8.09. The normalized spacial score (nSPS) is 10.6. The van der Waals surface area contributed by atoms with Crippen molar-refractivity contribution in [1.82, 2.24) is 4.98 Å². The Morgan fingerprint density at radius 3 is 2.50 bits per heavy atom. The number of nitro groups is 1. The van der Waals surface area contributed by atoms with Gasteiger partial charge in [0.15, 0.2) is 5.96 Å². The minimum Gasteiger partial charge on any atom is -0.370 e. The Morgan fingerprint density at radius 1 is 1.31 bits per heavy atom. The summed E-state index contributed by atoms with van der Waals surface area (Å²) in [6.45, 7) is 0. The Balaban J connectivity index is 0.00000338. The van der Waals surface area contributed by atoms with E-state index in [0.29, 0.717) is 0 Å². The van der Waals surface area contributed by atoms with Crippen molar-refractivity contribution in [1.29, 1.82) is 0 Å². The van der Waals surface area contributed by atoms with E-state index in [9.17, 15) is 28.1 Å². The number of hydrogen-bond donors (Lipinski definition) is 3. The molecule has 2 rings (SSSR count). The molecule has 0 spiro atoms. The number of amides is 1. The summed E-state index contributed by atoms with van der Waals surface area (Å²) < 4.78 is 37.0. The lowest BCUT2D eigenvalue weighted by molar-refractivity contribution is -0.384. The van der Waals surface area contributed by atoms with Crippen molar-refractivity contribution in [2.75, 3.05) is 5.32 Å². The molecule has 0 fully saturated rings. The van der Waals surface area contributed by atoms with E-state index in [0.717, 1.165) is 29.5 Å². The molecule has 5 N–H and O–H groups in total. The number of nitrogens with zero attached hydrogens (tertiary/aromatic N) is 3. The molecule has 2 aromatic rings. The number of halogens is 4. The van der Waals surface area contributed by atoms with Crippen LogP contribution in [0.3, 0.4) is 0 Å². The van der Waals surface area contributed by atoms with Crippen LogP contribution in [0.15, 0.2) is 28.6 Å². The average Bonchev–Trinajstić information content (AvgIpc) is 2.93. The highest BCUT2D eigenvalue weighted by molar-refractivity contribution is 8.93. The fourth-order valence-electron chi connectivity index (χ4n) is 1.70. The standard InChI is InChI=1S/C12H9F3N6O3S.BrH/c13-12(14,15)9(22)18-6-1-5(2-7(3-6)21(23)24)8-4-25-11(19-8)20-10(16)17;/h1-4H,(H,18,22)(H4,16,17,19,20);1H. The molecule has 0 bridgehead atoms. The molecule has 1 aromatic carbocycles. The molecule has 0 atom stereocenters. The SMILES string of the molecule is Br.NC(N)=Nc1nc(-c2cc(NC(=O)C(F)(F)F)cc([N+](=O)[O-])c2)cs1. The van der Waals surface area contributed by atoms with Gasteiger partial charge in [-0.3, -0.25) is 14.9 Å². The quantitative estimate of drug-likeness (QED) is 0.279. The highest BCUT2D eigenvalue weighted by Crippen LogP contribution is 2.32. The fraction of sp³-hybridized carbons (Fsp3) is 0.0833. The van der Waals surface area contributed by atoms with Gasteiger partial charge in [-0.15, -0.1) is 28.3 Å². The summed E-state index contributed by atoms with van der Waals surface area (Å²) in [5.41, 5.74) is 9.79. The first kappa shape index (κ1) is 21.3. The lowest BCUT2D eigenvalue weighted by Crippen LogP contribution is -2.29. The van der Waals surface area contributed by atoms with Gasteiger partial charge in [-0.25, -0.2) is 4.98 Å². The number of benzene rings is 1. The van der Waals surface area contributed by atoms with Gasteiger partial charge in [0.25, 0.3) is 5.69 Å². The zero-order valence-corrected chi connectivity index (χ0v) is 15.0. The molecule has 0 aliphatic rings. The molecule has 9 nitrogen and oxygen atoms in total. The second-order valence-corrected chi connectivity index (χ2v) is 5.37. The fourth-order valence-corrected chi connectivity index (χ4v) is 2.41. The highest BCUT2D eigenvalue weighted by atomic mass is 79.9. The summed E-state index contributed by atoms with van der Waals surface area (Å²) in [5, 5.41) is 14.1. The van der Waals surface area contributed by atoms with Crippen molar-refractivity contribution in [2.45, 2.75) is 6.18 Å². The number of nitro benzene ring substituents is 1. The van der Waals surface area contributed by atoms with Crippen LogP contribution in [-0.2, 0) is 4.79 Å². The minimum absolute atomic E-state index is 0. The van der Waals surface area contributed by atoms with E-state index in [1.54, 1.807) is 5.32 Å². The van der Waals surface area contributed by atoms with Gasteiger partial charge in [-0.2, -0.15) is 18.2 Å². The predicted molar refractivity (Wildman–Crippen MR) is 94.7 cm³/mol. The number of thiazole rings is 1. The van der Waals surface area contributed by atoms with Crippen LogP contribution >= 0.6 is 28.3 Å². The number of non-ortho nitro benzene ring substituents is 1. The van der Waals surface area contributed by atoms with Crippen LogP contribution in [0.4, 0.5) is 29.7 Å². The molecule has 1 amide bonds. The largest absolute Gasteiger partial charge is 0.471 e. The minimum atomic E-state index is -5.13. The molecule has 0 aliphatic carbocycles. The Bertz CT molecular complexity index is 866. The van der Waals surface area contributed by atoms with Crippen molar-refractivity contribution in [2.24, 2.45) is 16.5 Å². The van der Waals surface area contributed by atoms with Gasteiger partial charge >= 0.3 is 12.1 Å². The lowest BCUT2D eigenvalue weighted by atomic mass is 10.1. The van der Waals surface area contributed by atoms with Crippen molar-refractivity contribution in [3.05, 3.63) is 33.7 Å². The van der Waals surface area contributed by atoms with E-state index in [2.05, 4.69) is 9.98 Å². The molecule has 0 saturated carbocycles. The first-order valence-corrected chi connectivity index (χ1v) is 7.17. The smallest absolute Gasteiger partial charge is 0.370 e. The van der Waals surface area contributed by atoms with Crippen LogP contribution in [0.25, 0.3) is 11.3 Å².